The van der Waals surface area contributed by atoms with Gasteiger partial charge in [-0.2, -0.15) is 0 Å². The summed E-state index contributed by atoms with van der Waals surface area (Å²) in [6, 6.07) is 5.09. The van der Waals surface area contributed by atoms with E-state index in [1.807, 2.05) is 0 Å². The van der Waals surface area contributed by atoms with Gasteiger partial charge in [-0.15, -0.1) is 0 Å². The molecule has 18 heavy (non-hydrogen) atoms. The third-order valence-electron chi connectivity index (χ3n) is 3.18. The van der Waals surface area contributed by atoms with Crippen molar-refractivity contribution in [3.8, 4) is 0 Å². The van der Waals surface area contributed by atoms with Gasteiger partial charge in [-0.3, -0.25) is 0 Å². The van der Waals surface area contributed by atoms with Gasteiger partial charge in [0.15, 0.2) is 0 Å². The van der Waals surface area contributed by atoms with Crippen LogP contribution < -0.4 is 16.4 Å². The van der Waals surface area contributed by atoms with Gasteiger partial charge < -0.3 is 16.4 Å². The van der Waals surface area contributed by atoms with Gasteiger partial charge >= 0.3 is 6.03 Å². The third-order valence-corrected chi connectivity index (χ3v) is 3.51. The van der Waals surface area contributed by atoms with Crippen molar-refractivity contribution < 1.29 is 4.79 Å². The summed E-state index contributed by atoms with van der Waals surface area (Å²) in [4.78, 5) is 11.8. The van der Waals surface area contributed by atoms with Gasteiger partial charge in [0.25, 0.3) is 0 Å². The van der Waals surface area contributed by atoms with Crippen molar-refractivity contribution in [3.05, 3.63) is 23.2 Å². The first-order chi connectivity index (χ1) is 8.65. The van der Waals surface area contributed by atoms with Crippen molar-refractivity contribution >= 4 is 29.0 Å². The number of hydrogen-bond donors (Lipinski definition) is 3. The fraction of sp³-hybridized carbons (Fsp3) is 0.462. The lowest BCUT2D eigenvalue weighted by Crippen LogP contribution is -2.39. The number of urea groups is 1. The average molecular weight is 268 g/mol. The zero-order chi connectivity index (χ0) is 13.0. The molecule has 98 valence electrons. The molecule has 5 heteroatoms. The van der Waals surface area contributed by atoms with Crippen LogP contribution in [-0.4, -0.2) is 12.1 Å². The van der Waals surface area contributed by atoms with E-state index in [4.69, 9.17) is 17.3 Å². The summed E-state index contributed by atoms with van der Waals surface area (Å²) in [5.74, 6) is 0. The maximum absolute atomic E-state index is 11.8. The molecule has 0 saturated heterocycles. The molecule has 0 spiro atoms. The van der Waals surface area contributed by atoms with Crippen molar-refractivity contribution in [1.29, 1.82) is 0 Å². The topological polar surface area (TPSA) is 67.1 Å². The van der Waals surface area contributed by atoms with E-state index in [0.29, 0.717) is 16.4 Å². The summed E-state index contributed by atoms with van der Waals surface area (Å²) in [5, 5.41) is 6.19. The number of hydrogen-bond acceptors (Lipinski definition) is 2. The zero-order valence-corrected chi connectivity index (χ0v) is 11.0. The number of halogens is 1. The van der Waals surface area contributed by atoms with Gasteiger partial charge in [0.1, 0.15) is 0 Å². The molecule has 0 aliphatic heterocycles. The molecule has 0 heterocycles. The Kier molecular flexibility index (Phi) is 4.31. The Balaban J connectivity index is 1.92. The van der Waals surface area contributed by atoms with E-state index in [0.717, 1.165) is 12.8 Å². The minimum Gasteiger partial charge on any atom is -0.399 e. The van der Waals surface area contributed by atoms with Crippen LogP contribution in [0.15, 0.2) is 18.2 Å². The lowest BCUT2D eigenvalue weighted by Gasteiger charge is -2.23. The second-order valence-corrected chi connectivity index (χ2v) is 5.08. The number of nitrogen functional groups attached to an aromatic ring is 1. The number of nitrogens with one attached hydrogen (secondary N) is 2. The number of amides is 2. The number of nitrogens with two attached hydrogens (primary N) is 1. The zero-order valence-electron chi connectivity index (χ0n) is 10.2. The summed E-state index contributed by atoms with van der Waals surface area (Å²) in [5.41, 5.74) is 6.78. The Hall–Kier alpha value is -1.42. The van der Waals surface area contributed by atoms with E-state index in [1.54, 1.807) is 18.2 Å². The van der Waals surface area contributed by atoms with Gasteiger partial charge in [-0.25, -0.2) is 4.79 Å². The molecule has 4 N–H and O–H groups in total. The molecule has 1 aliphatic carbocycles. The van der Waals surface area contributed by atoms with Crippen LogP contribution in [0.25, 0.3) is 0 Å². The number of anilines is 2. The highest BCUT2D eigenvalue weighted by Crippen LogP contribution is 2.24. The Morgan fingerprint density at radius 3 is 2.72 bits per heavy atom. The van der Waals surface area contributed by atoms with Crippen LogP contribution in [-0.2, 0) is 0 Å². The Bertz CT molecular complexity index is 430. The normalized spacial score (nSPS) is 16.3. The molecular weight excluding hydrogens is 250 g/mol. The summed E-state index contributed by atoms with van der Waals surface area (Å²) in [6.07, 6.45) is 5.74. The van der Waals surface area contributed by atoms with E-state index >= 15 is 0 Å². The smallest absolute Gasteiger partial charge is 0.319 e. The lowest BCUT2D eigenvalue weighted by molar-refractivity contribution is 0.244. The van der Waals surface area contributed by atoms with Gasteiger partial charge in [0, 0.05) is 11.7 Å². The first-order valence-corrected chi connectivity index (χ1v) is 6.65. The van der Waals surface area contributed by atoms with Gasteiger partial charge in [-0.05, 0) is 31.0 Å². The second kappa shape index (κ2) is 5.96. The highest BCUT2D eigenvalue weighted by atomic mass is 35.5. The molecule has 0 bridgehead atoms. The Labute approximate surface area is 112 Å². The minimum absolute atomic E-state index is 0.214. The van der Waals surface area contributed by atoms with E-state index in [2.05, 4.69) is 10.6 Å². The van der Waals surface area contributed by atoms with E-state index in [1.165, 1.54) is 19.3 Å². The average Bonchev–Trinajstić information content (AvgIpc) is 2.35. The predicted molar refractivity (Wildman–Crippen MR) is 74.9 cm³/mol. The van der Waals surface area contributed by atoms with E-state index in [9.17, 15) is 4.79 Å². The van der Waals surface area contributed by atoms with Crippen LogP contribution in [0.4, 0.5) is 16.2 Å². The molecule has 0 radical (unpaired) electrons. The number of rotatable bonds is 2. The molecule has 1 fully saturated rings. The fourth-order valence-corrected chi connectivity index (χ4v) is 2.39. The molecule has 2 amide bonds. The summed E-state index contributed by atoms with van der Waals surface area (Å²) in [6.45, 7) is 0. The van der Waals surface area contributed by atoms with Crippen molar-refractivity contribution in [1.82, 2.24) is 5.32 Å². The van der Waals surface area contributed by atoms with Gasteiger partial charge in [-0.1, -0.05) is 30.9 Å². The van der Waals surface area contributed by atoms with Crippen LogP contribution in [0.3, 0.4) is 0 Å². The highest BCUT2D eigenvalue weighted by molar-refractivity contribution is 6.33. The van der Waals surface area contributed by atoms with Crippen molar-refractivity contribution in [3.63, 3.8) is 0 Å². The summed E-state index contributed by atoms with van der Waals surface area (Å²) < 4.78 is 0. The van der Waals surface area contributed by atoms with E-state index in [-0.39, 0.29) is 12.1 Å². The van der Waals surface area contributed by atoms with Crippen LogP contribution in [0.5, 0.6) is 0 Å². The van der Waals surface area contributed by atoms with Gasteiger partial charge in [0.05, 0.1) is 10.7 Å². The second-order valence-electron chi connectivity index (χ2n) is 4.67. The summed E-state index contributed by atoms with van der Waals surface area (Å²) in [7, 11) is 0. The van der Waals surface area contributed by atoms with Crippen molar-refractivity contribution in [2.75, 3.05) is 11.1 Å². The van der Waals surface area contributed by atoms with Crippen LogP contribution in [0, 0.1) is 0 Å². The number of benzene rings is 1. The molecule has 1 aromatic carbocycles. The fourth-order valence-electron chi connectivity index (χ4n) is 2.23. The highest BCUT2D eigenvalue weighted by Gasteiger charge is 2.16. The first kappa shape index (κ1) is 13.0. The Morgan fingerprint density at radius 2 is 2.00 bits per heavy atom. The molecule has 2 rings (SSSR count). The number of carbonyl (C=O) groups is 1. The maximum atomic E-state index is 11.8. The molecule has 1 aromatic rings. The van der Waals surface area contributed by atoms with Crippen LogP contribution in [0.2, 0.25) is 5.02 Å². The maximum Gasteiger partial charge on any atom is 0.319 e. The third kappa shape index (κ3) is 3.53. The molecule has 0 atom stereocenters. The molecule has 0 unspecified atom stereocenters. The number of carbonyl (C=O) groups excluding carboxylic acids is 1. The standard InChI is InChI=1S/C13H18ClN3O/c14-11-7-6-9(15)8-12(11)17-13(18)16-10-4-2-1-3-5-10/h6-8,10H,1-5,15H2,(H2,16,17,18). The minimum atomic E-state index is -0.214. The van der Waals surface area contributed by atoms with Crippen LogP contribution in [0.1, 0.15) is 32.1 Å². The molecule has 1 saturated carbocycles. The first-order valence-electron chi connectivity index (χ1n) is 6.27. The molecule has 4 nitrogen and oxygen atoms in total. The van der Waals surface area contributed by atoms with Crippen molar-refractivity contribution in [2.24, 2.45) is 0 Å². The van der Waals surface area contributed by atoms with Crippen LogP contribution >= 0.6 is 11.6 Å². The largest absolute Gasteiger partial charge is 0.399 e. The van der Waals surface area contributed by atoms with Gasteiger partial charge in [0.2, 0.25) is 0 Å². The SMILES string of the molecule is Nc1ccc(Cl)c(NC(=O)NC2CCCCC2)c1. The molecule has 1 aliphatic rings. The lowest BCUT2D eigenvalue weighted by atomic mass is 9.96. The van der Waals surface area contributed by atoms with Crippen molar-refractivity contribution in [2.45, 2.75) is 38.1 Å². The Morgan fingerprint density at radius 1 is 1.28 bits per heavy atom. The van der Waals surface area contributed by atoms with E-state index < -0.39 is 0 Å². The predicted octanol–water partition coefficient (Wildman–Crippen LogP) is 3.38. The summed E-state index contributed by atoms with van der Waals surface area (Å²) >= 11 is 5.98. The quantitative estimate of drug-likeness (QED) is 0.719. The molecular formula is C13H18ClN3O. The monoisotopic (exact) mass is 267 g/mol. The molecule has 0 aromatic heterocycles.